The third kappa shape index (κ3) is 4.89. The van der Waals surface area contributed by atoms with Crippen LogP contribution >= 0.6 is 11.8 Å². The van der Waals surface area contributed by atoms with E-state index in [1.165, 1.54) is 25.1 Å². The predicted octanol–water partition coefficient (Wildman–Crippen LogP) is 2.48. The summed E-state index contributed by atoms with van der Waals surface area (Å²) in [6, 6.07) is 11.6. The first-order valence-electron chi connectivity index (χ1n) is 8.17. The quantitative estimate of drug-likeness (QED) is 0.347. The van der Waals surface area contributed by atoms with Crippen LogP contribution in [0.1, 0.15) is 15.9 Å². The second-order valence-corrected chi connectivity index (χ2v) is 6.48. The zero-order valence-corrected chi connectivity index (χ0v) is 16.0. The Morgan fingerprint density at radius 2 is 1.89 bits per heavy atom. The number of hydrogen-bond acceptors (Lipinski definition) is 8. The lowest BCUT2D eigenvalue weighted by Gasteiger charge is -2.10. The highest BCUT2D eigenvalue weighted by atomic mass is 32.2. The minimum atomic E-state index is -0.511. The van der Waals surface area contributed by atoms with Crippen LogP contribution in [0.5, 0.6) is 17.2 Å². The van der Waals surface area contributed by atoms with Crippen molar-refractivity contribution in [3.8, 4) is 17.2 Å². The monoisotopic (exact) mass is 399 g/mol. The molecule has 1 saturated heterocycles. The number of benzene rings is 2. The van der Waals surface area contributed by atoms with Gasteiger partial charge >= 0.3 is 5.97 Å². The molecule has 3 rings (SSSR count). The fourth-order valence-corrected chi connectivity index (χ4v) is 2.89. The van der Waals surface area contributed by atoms with Gasteiger partial charge in [0.2, 0.25) is 5.91 Å². The molecule has 1 heterocycles. The number of amides is 1. The molecule has 28 heavy (non-hydrogen) atoms. The maximum atomic E-state index is 12.3. The van der Waals surface area contributed by atoms with E-state index < -0.39 is 5.97 Å². The van der Waals surface area contributed by atoms with Gasteiger partial charge in [0.1, 0.15) is 5.75 Å². The molecule has 1 N–H and O–H groups in total. The van der Waals surface area contributed by atoms with E-state index in [-0.39, 0.29) is 11.7 Å². The molecule has 0 spiro atoms. The van der Waals surface area contributed by atoms with Crippen LogP contribution in [0.3, 0.4) is 0 Å². The molecule has 0 aliphatic carbocycles. The Kier molecular flexibility index (Phi) is 6.28. The smallest absolute Gasteiger partial charge is 0.343 e. The molecule has 0 aromatic heterocycles. The summed E-state index contributed by atoms with van der Waals surface area (Å²) in [4.78, 5) is 23.4. The lowest BCUT2D eigenvalue weighted by Crippen LogP contribution is -2.19. The number of methoxy groups -OCH3 is 2. The van der Waals surface area contributed by atoms with Crippen molar-refractivity contribution in [2.24, 2.45) is 10.2 Å². The zero-order valence-electron chi connectivity index (χ0n) is 15.2. The highest BCUT2D eigenvalue weighted by molar-refractivity contribution is 8.15. The van der Waals surface area contributed by atoms with E-state index in [2.05, 4.69) is 15.5 Å². The van der Waals surface area contributed by atoms with Gasteiger partial charge in [-0.25, -0.2) is 4.79 Å². The van der Waals surface area contributed by atoms with Crippen molar-refractivity contribution in [1.82, 2.24) is 5.32 Å². The number of nitrogens with zero attached hydrogens (tertiary/aromatic N) is 2. The fourth-order valence-electron chi connectivity index (χ4n) is 2.26. The molecule has 1 amide bonds. The van der Waals surface area contributed by atoms with Crippen LogP contribution in [-0.2, 0) is 4.79 Å². The lowest BCUT2D eigenvalue weighted by atomic mass is 10.2. The van der Waals surface area contributed by atoms with Gasteiger partial charge in [0, 0.05) is 0 Å². The average molecular weight is 399 g/mol. The first kappa shape index (κ1) is 19.4. The number of carbonyl (C=O) groups is 2. The molecule has 0 bridgehead atoms. The average Bonchev–Trinajstić information content (AvgIpc) is 3.14. The Morgan fingerprint density at radius 3 is 2.54 bits per heavy atom. The van der Waals surface area contributed by atoms with Crippen LogP contribution < -0.4 is 19.5 Å². The van der Waals surface area contributed by atoms with Gasteiger partial charge in [-0.05, 0) is 48.0 Å². The van der Waals surface area contributed by atoms with Gasteiger partial charge in [-0.3, -0.25) is 4.79 Å². The van der Waals surface area contributed by atoms with Crippen LogP contribution in [0.15, 0.2) is 52.7 Å². The first-order valence-corrected chi connectivity index (χ1v) is 9.15. The Morgan fingerprint density at radius 1 is 1.11 bits per heavy atom. The summed E-state index contributed by atoms with van der Waals surface area (Å²) in [5.74, 6) is 1.05. The molecule has 0 unspecified atom stereocenters. The number of hydrogen-bond donors (Lipinski definition) is 1. The van der Waals surface area contributed by atoms with Crippen LogP contribution in [0.2, 0.25) is 0 Å². The lowest BCUT2D eigenvalue weighted by molar-refractivity contribution is -0.116. The summed E-state index contributed by atoms with van der Waals surface area (Å²) in [6.45, 7) is 0. The Balaban J connectivity index is 1.70. The van der Waals surface area contributed by atoms with Gasteiger partial charge < -0.3 is 19.5 Å². The van der Waals surface area contributed by atoms with Crippen LogP contribution in [0, 0.1) is 0 Å². The molecule has 0 atom stereocenters. The second-order valence-electron chi connectivity index (χ2n) is 5.51. The number of esters is 1. The van der Waals surface area contributed by atoms with E-state index in [9.17, 15) is 9.59 Å². The standard InChI is InChI=1S/C19H17N3O5S/c1-25-14-6-4-13(5-7-14)18(24)27-15-8-3-12(9-16(15)26-2)10-20-22-19-21-17(23)11-28-19/h3-10H,11H2,1-2H3,(H,21,22,23)/b20-10+. The van der Waals surface area contributed by atoms with Crippen molar-refractivity contribution in [3.05, 3.63) is 53.6 Å². The Labute approximate surface area is 165 Å². The molecular formula is C19H17N3O5S. The molecular weight excluding hydrogens is 382 g/mol. The number of amidine groups is 1. The van der Waals surface area contributed by atoms with Crippen molar-refractivity contribution in [2.75, 3.05) is 20.0 Å². The summed E-state index contributed by atoms with van der Waals surface area (Å²) in [5.41, 5.74) is 1.08. The molecule has 1 fully saturated rings. The van der Waals surface area contributed by atoms with Crippen LogP contribution in [0.4, 0.5) is 0 Å². The van der Waals surface area contributed by atoms with Crippen LogP contribution in [-0.4, -0.2) is 43.2 Å². The summed E-state index contributed by atoms with van der Waals surface area (Å²) in [6.07, 6.45) is 1.51. The molecule has 144 valence electrons. The number of ether oxygens (including phenoxy) is 3. The SMILES string of the molecule is COc1ccc(C(=O)Oc2ccc(/C=N/N=C3/NC(=O)CS3)cc2OC)cc1. The Bertz CT molecular complexity index is 941. The van der Waals surface area contributed by atoms with Gasteiger partial charge in [0.15, 0.2) is 16.7 Å². The van der Waals surface area contributed by atoms with E-state index in [1.807, 2.05) is 0 Å². The highest BCUT2D eigenvalue weighted by Gasteiger charge is 2.16. The molecule has 1 aliphatic rings. The molecule has 2 aromatic carbocycles. The third-order valence-electron chi connectivity index (χ3n) is 3.66. The number of rotatable bonds is 6. The van der Waals surface area contributed by atoms with Crippen LogP contribution in [0.25, 0.3) is 0 Å². The number of nitrogens with one attached hydrogen (secondary N) is 1. The summed E-state index contributed by atoms with van der Waals surface area (Å²) >= 11 is 1.29. The van der Waals surface area contributed by atoms with Gasteiger partial charge in [-0.2, -0.15) is 5.10 Å². The number of carbonyl (C=O) groups excluding carboxylic acids is 2. The minimum absolute atomic E-state index is 0.0938. The molecule has 1 aliphatic heterocycles. The summed E-state index contributed by atoms with van der Waals surface area (Å²) < 4.78 is 15.8. The maximum absolute atomic E-state index is 12.3. The molecule has 9 heteroatoms. The summed E-state index contributed by atoms with van der Waals surface area (Å²) in [7, 11) is 3.03. The van der Waals surface area contributed by atoms with E-state index in [1.54, 1.807) is 49.6 Å². The Hall–Kier alpha value is -3.33. The minimum Gasteiger partial charge on any atom is -0.497 e. The first-order chi connectivity index (χ1) is 13.6. The van der Waals surface area contributed by atoms with Gasteiger partial charge in [-0.1, -0.05) is 11.8 Å². The maximum Gasteiger partial charge on any atom is 0.343 e. The van der Waals surface area contributed by atoms with E-state index in [0.29, 0.717) is 33.5 Å². The molecule has 0 saturated carbocycles. The third-order valence-corrected chi connectivity index (χ3v) is 4.52. The molecule has 0 radical (unpaired) electrons. The predicted molar refractivity (Wildman–Crippen MR) is 107 cm³/mol. The van der Waals surface area contributed by atoms with Crippen molar-refractivity contribution < 1.29 is 23.8 Å². The topological polar surface area (TPSA) is 98.6 Å². The van der Waals surface area contributed by atoms with E-state index >= 15 is 0 Å². The van der Waals surface area contributed by atoms with E-state index in [0.717, 1.165) is 0 Å². The number of thioether (sulfide) groups is 1. The van der Waals surface area contributed by atoms with Crippen molar-refractivity contribution in [3.63, 3.8) is 0 Å². The van der Waals surface area contributed by atoms with E-state index in [4.69, 9.17) is 14.2 Å². The molecule has 2 aromatic rings. The van der Waals surface area contributed by atoms with Crippen molar-refractivity contribution in [1.29, 1.82) is 0 Å². The zero-order chi connectivity index (χ0) is 19.9. The van der Waals surface area contributed by atoms with Gasteiger partial charge in [0.25, 0.3) is 0 Å². The highest BCUT2D eigenvalue weighted by Crippen LogP contribution is 2.28. The normalized spacial score (nSPS) is 14.9. The fraction of sp³-hybridized carbons (Fsp3) is 0.158. The summed E-state index contributed by atoms with van der Waals surface area (Å²) in [5, 5.41) is 10.9. The van der Waals surface area contributed by atoms with Gasteiger partial charge in [0.05, 0.1) is 31.8 Å². The van der Waals surface area contributed by atoms with Crippen molar-refractivity contribution in [2.45, 2.75) is 0 Å². The van der Waals surface area contributed by atoms with Gasteiger partial charge in [-0.15, -0.1) is 5.10 Å². The second kappa shape index (κ2) is 9.05. The largest absolute Gasteiger partial charge is 0.497 e. The molecule has 8 nitrogen and oxygen atoms in total. The van der Waals surface area contributed by atoms with Crippen molar-refractivity contribution >= 4 is 35.0 Å².